The number of nitrogens with one attached hydrogen (secondary N) is 2. The van der Waals surface area contributed by atoms with E-state index in [0.717, 1.165) is 5.71 Å². The van der Waals surface area contributed by atoms with E-state index in [1.165, 1.54) is 31.0 Å². The lowest BCUT2D eigenvalue weighted by Gasteiger charge is -2.22. The molecule has 2 aromatic rings. The number of thioether (sulfide) groups is 1. The smallest absolute Gasteiger partial charge is 0.412 e. The van der Waals surface area contributed by atoms with Crippen LogP contribution >= 0.6 is 11.8 Å². The average molecular weight is 536 g/mol. The van der Waals surface area contributed by atoms with Crippen molar-refractivity contribution in [1.82, 2.24) is 5.32 Å². The Balaban J connectivity index is 1.64. The Hall–Kier alpha value is -3.67. The van der Waals surface area contributed by atoms with Gasteiger partial charge in [-0.3, -0.25) is 14.6 Å². The fourth-order valence-electron chi connectivity index (χ4n) is 3.72. The number of hydrogen-bond acceptors (Lipinski definition) is 7. The van der Waals surface area contributed by atoms with E-state index in [0.29, 0.717) is 27.8 Å². The molecule has 12 heteroatoms. The predicted octanol–water partition coefficient (Wildman–Crippen LogP) is 5.16. The molecule has 0 atom stereocenters. The van der Waals surface area contributed by atoms with Crippen LogP contribution in [-0.2, 0) is 0 Å². The summed E-state index contributed by atoms with van der Waals surface area (Å²) in [6.45, 7) is 5.14. The van der Waals surface area contributed by atoms with Gasteiger partial charge in [0, 0.05) is 34.5 Å². The fourth-order valence-corrected chi connectivity index (χ4v) is 4.73. The van der Waals surface area contributed by atoms with Crippen molar-refractivity contribution in [3.8, 4) is 17.2 Å². The average Bonchev–Trinajstić information content (AvgIpc) is 2.86. The predicted molar refractivity (Wildman–Crippen MR) is 134 cm³/mol. The van der Waals surface area contributed by atoms with E-state index in [1.807, 2.05) is 6.92 Å². The van der Waals surface area contributed by atoms with Gasteiger partial charge in [-0.25, -0.2) is 0 Å². The van der Waals surface area contributed by atoms with Crippen LogP contribution in [0.3, 0.4) is 0 Å². The summed E-state index contributed by atoms with van der Waals surface area (Å²) < 4.78 is 54.8. The van der Waals surface area contributed by atoms with Gasteiger partial charge in [-0.1, -0.05) is 6.58 Å². The Morgan fingerprint density at radius 2 is 1.86 bits per heavy atom. The number of carbonyl (C=O) groups is 2. The first-order valence-electron chi connectivity index (χ1n) is 11.2. The maximum Gasteiger partial charge on any atom is 0.412 e. The number of amides is 2. The molecule has 2 heterocycles. The lowest BCUT2D eigenvalue weighted by Crippen LogP contribution is -2.28. The van der Waals surface area contributed by atoms with Gasteiger partial charge in [0.05, 0.1) is 29.6 Å². The van der Waals surface area contributed by atoms with Crippen LogP contribution in [0.15, 0.2) is 46.3 Å². The molecule has 4 rings (SSSR count). The zero-order chi connectivity index (χ0) is 26.7. The molecular weight excluding hydrogens is 511 g/mol. The Morgan fingerprint density at radius 3 is 2.54 bits per heavy atom. The van der Waals surface area contributed by atoms with Crippen LogP contribution in [0.4, 0.5) is 24.5 Å². The first-order valence-corrected chi connectivity index (χ1v) is 12.2. The van der Waals surface area contributed by atoms with Gasteiger partial charge in [0.25, 0.3) is 11.8 Å². The van der Waals surface area contributed by atoms with Gasteiger partial charge in [0.15, 0.2) is 11.5 Å². The summed E-state index contributed by atoms with van der Waals surface area (Å²) in [6, 6.07) is 6.24. The third-order valence-corrected chi connectivity index (χ3v) is 6.83. The largest absolute Gasteiger partial charge is 0.496 e. The summed E-state index contributed by atoms with van der Waals surface area (Å²) in [5.74, 6) is 0.282. The van der Waals surface area contributed by atoms with Gasteiger partial charge in [0.1, 0.15) is 19.0 Å². The van der Waals surface area contributed by atoms with Crippen LogP contribution in [0.1, 0.15) is 34.1 Å². The number of hydrogen-bond donors (Lipinski definition) is 2. The van der Waals surface area contributed by atoms with Crippen molar-refractivity contribution in [3.05, 3.63) is 47.5 Å². The highest BCUT2D eigenvalue weighted by Crippen LogP contribution is 2.42. The molecular formula is C25H24F3N3O5S. The molecule has 2 amide bonds. The van der Waals surface area contributed by atoms with Crippen molar-refractivity contribution in [1.29, 1.82) is 0 Å². The van der Waals surface area contributed by atoms with Crippen LogP contribution in [0.2, 0.25) is 0 Å². The van der Waals surface area contributed by atoms with Crippen LogP contribution in [0, 0.1) is 0 Å². The van der Waals surface area contributed by atoms with Crippen LogP contribution in [0.25, 0.3) is 0 Å². The number of halogens is 3. The van der Waals surface area contributed by atoms with E-state index in [1.54, 1.807) is 12.1 Å². The van der Waals surface area contributed by atoms with Gasteiger partial charge in [-0.05, 0) is 31.5 Å². The maximum absolute atomic E-state index is 13.5. The number of fused-ring (bicyclic) bond motifs is 2. The second-order valence-corrected chi connectivity index (χ2v) is 9.22. The lowest BCUT2D eigenvalue weighted by atomic mass is 10.1. The van der Waals surface area contributed by atoms with Gasteiger partial charge in [-0.2, -0.15) is 13.2 Å². The molecule has 0 saturated carbocycles. The molecule has 2 N–H and O–H groups in total. The first-order chi connectivity index (χ1) is 17.6. The molecule has 0 unspecified atom stereocenters. The van der Waals surface area contributed by atoms with Gasteiger partial charge in [0.2, 0.25) is 0 Å². The molecule has 0 spiro atoms. The summed E-state index contributed by atoms with van der Waals surface area (Å²) in [4.78, 5) is 31.6. The van der Waals surface area contributed by atoms with E-state index in [-0.39, 0.29) is 42.3 Å². The highest BCUT2D eigenvalue weighted by molar-refractivity contribution is 8.00. The Bertz CT molecular complexity index is 1290. The second-order valence-electron chi connectivity index (χ2n) is 8.23. The zero-order valence-electron chi connectivity index (χ0n) is 20.1. The van der Waals surface area contributed by atoms with E-state index in [4.69, 9.17) is 14.2 Å². The zero-order valence-corrected chi connectivity index (χ0v) is 20.9. The van der Waals surface area contributed by atoms with Gasteiger partial charge >= 0.3 is 6.18 Å². The highest BCUT2D eigenvalue weighted by atomic mass is 32.2. The number of benzene rings is 2. The van der Waals surface area contributed by atoms with E-state index in [2.05, 4.69) is 22.2 Å². The molecule has 2 aliphatic heterocycles. The summed E-state index contributed by atoms with van der Waals surface area (Å²) >= 11 is 1.45. The SMILES string of the molecule is C=C(CCNC(=O)c1cc2c(cc1NC(=O)c1c(OC)ccc3c1SCC(C)=N3)OCCO2)C(F)(F)F. The number of ether oxygens (including phenoxy) is 3. The molecule has 8 nitrogen and oxygen atoms in total. The molecule has 37 heavy (non-hydrogen) atoms. The van der Waals surface area contributed by atoms with Crippen molar-refractivity contribution in [2.24, 2.45) is 4.99 Å². The van der Waals surface area contributed by atoms with Crippen LogP contribution < -0.4 is 24.8 Å². The molecule has 0 aliphatic carbocycles. The number of methoxy groups -OCH3 is 1. The summed E-state index contributed by atoms with van der Waals surface area (Å²) in [6.07, 6.45) is -5.03. The Labute approximate surface area is 215 Å². The number of anilines is 1. The lowest BCUT2D eigenvalue weighted by molar-refractivity contribution is -0.0934. The summed E-state index contributed by atoms with van der Waals surface area (Å²) in [5, 5.41) is 5.19. The minimum atomic E-state index is -4.55. The van der Waals surface area contributed by atoms with Crippen molar-refractivity contribution in [2.45, 2.75) is 24.4 Å². The van der Waals surface area contributed by atoms with Gasteiger partial charge < -0.3 is 24.8 Å². The van der Waals surface area contributed by atoms with Gasteiger partial charge in [-0.15, -0.1) is 11.8 Å². The van der Waals surface area contributed by atoms with E-state index < -0.39 is 30.0 Å². The normalized spacial score (nSPS) is 14.2. The van der Waals surface area contributed by atoms with E-state index in [9.17, 15) is 22.8 Å². The van der Waals surface area contributed by atoms with Crippen LogP contribution in [-0.4, -0.2) is 56.3 Å². The standard InChI is InChI=1S/C25H24F3N3O5S/c1-13(25(26,27)28)6-7-29-23(32)15-10-19-20(36-9-8-35-19)11-17(15)31-24(33)21-18(34-3)5-4-16-22(21)37-12-14(2)30-16/h4-5,10-11H,1,6-9,12H2,2-3H3,(H,29,32)(H,31,33). The Kier molecular flexibility index (Phi) is 7.67. The number of aliphatic imine (C=N–C) groups is 1. The van der Waals surface area contributed by atoms with Crippen molar-refractivity contribution in [2.75, 3.05) is 37.9 Å². The minimum Gasteiger partial charge on any atom is -0.496 e. The molecule has 0 aromatic heterocycles. The molecule has 196 valence electrons. The van der Waals surface area contributed by atoms with E-state index >= 15 is 0 Å². The topological polar surface area (TPSA) is 98.3 Å². The monoisotopic (exact) mass is 535 g/mol. The molecule has 0 radical (unpaired) electrons. The summed E-state index contributed by atoms with van der Waals surface area (Å²) in [7, 11) is 1.44. The van der Waals surface area contributed by atoms with Crippen molar-refractivity contribution in [3.63, 3.8) is 0 Å². The number of rotatable bonds is 7. The highest BCUT2D eigenvalue weighted by Gasteiger charge is 2.31. The third-order valence-electron chi connectivity index (χ3n) is 5.57. The molecule has 2 aromatic carbocycles. The second kappa shape index (κ2) is 10.8. The van der Waals surface area contributed by atoms with Crippen molar-refractivity contribution < 1.29 is 37.0 Å². The number of alkyl halides is 3. The molecule has 0 fully saturated rings. The summed E-state index contributed by atoms with van der Waals surface area (Å²) in [5.41, 5.74) is 0.934. The number of carbonyl (C=O) groups excluding carboxylic acids is 2. The van der Waals surface area contributed by atoms with Crippen molar-refractivity contribution >= 4 is 40.7 Å². The fraction of sp³-hybridized carbons (Fsp3) is 0.320. The number of nitrogens with zero attached hydrogens (tertiary/aromatic N) is 1. The molecule has 0 bridgehead atoms. The third kappa shape index (κ3) is 5.85. The quantitative estimate of drug-likeness (QED) is 0.476. The molecule has 0 saturated heterocycles. The maximum atomic E-state index is 13.5. The Morgan fingerprint density at radius 1 is 1.16 bits per heavy atom. The minimum absolute atomic E-state index is 0.000467. The van der Waals surface area contributed by atoms with Crippen LogP contribution in [0.5, 0.6) is 17.2 Å². The first kappa shape index (κ1) is 26.4. The molecule has 2 aliphatic rings.